The molecule has 0 saturated heterocycles. The molecule has 0 radical (unpaired) electrons. The summed E-state index contributed by atoms with van der Waals surface area (Å²) in [5, 5.41) is 2.57. The quantitative estimate of drug-likeness (QED) is 0.819. The van der Waals surface area contributed by atoms with E-state index in [1.165, 1.54) is 0 Å². The fourth-order valence-corrected chi connectivity index (χ4v) is 3.04. The molecule has 1 amide bonds. The van der Waals surface area contributed by atoms with Crippen LogP contribution >= 0.6 is 0 Å². The van der Waals surface area contributed by atoms with Crippen molar-refractivity contribution in [3.8, 4) is 0 Å². The van der Waals surface area contributed by atoms with Crippen LogP contribution in [-0.4, -0.2) is 20.9 Å². The molecular weight excluding hydrogens is 357 g/mol. The standard InChI is InChI=1S/C16H15F3N2O3S/c17-16(18,19)12-5-4-8-14(11-12)25(23,24)20-10-9-15(22)21-13-6-2-1-3-7-13/h1-8,11,20H,9-10H2,(H,21,22). The lowest BCUT2D eigenvalue weighted by molar-refractivity contribution is -0.137. The van der Waals surface area contributed by atoms with Crippen LogP contribution in [0.1, 0.15) is 12.0 Å². The Bertz CT molecular complexity index is 837. The first kappa shape index (κ1) is 18.9. The number of anilines is 1. The van der Waals surface area contributed by atoms with Crippen molar-refractivity contribution in [3.05, 3.63) is 60.2 Å². The van der Waals surface area contributed by atoms with Crippen molar-refractivity contribution in [2.45, 2.75) is 17.5 Å². The van der Waals surface area contributed by atoms with Gasteiger partial charge in [-0.2, -0.15) is 13.2 Å². The second-order valence-corrected chi connectivity index (χ2v) is 6.85. The molecular formula is C16H15F3N2O3S. The van der Waals surface area contributed by atoms with Gasteiger partial charge in [-0.05, 0) is 30.3 Å². The summed E-state index contributed by atoms with van der Waals surface area (Å²) in [5.74, 6) is -0.419. The minimum absolute atomic E-state index is 0.160. The second-order valence-electron chi connectivity index (χ2n) is 5.09. The number of hydrogen-bond donors (Lipinski definition) is 2. The first-order valence-electron chi connectivity index (χ1n) is 7.20. The van der Waals surface area contributed by atoms with E-state index in [1.54, 1.807) is 30.3 Å². The monoisotopic (exact) mass is 372 g/mol. The smallest absolute Gasteiger partial charge is 0.326 e. The minimum Gasteiger partial charge on any atom is -0.326 e. The van der Waals surface area contributed by atoms with Crippen molar-refractivity contribution in [2.24, 2.45) is 0 Å². The molecule has 25 heavy (non-hydrogen) atoms. The van der Waals surface area contributed by atoms with E-state index in [0.717, 1.165) is 18.2 Å². The number of carbonyl (C=O) groups excluding carboxylic acids is 1. The molecule has 0 atom stereocenters. The Morgan fingerprint density at radius 3 is 2.32 bits per heavy atom. The van der Waals surface area contributed by atoms with Gasteiger partial charge in [-0.25, -0.2) is 13.1 Å². The lowest BCUT2D eigenvalue weighted by atomic mass is 10.2. The van der Waals surface area contributed by atoms with Crippen molar-refractivity contribution < 1.29 is 26.4 Å². The molecule has 0 aromatic heterocycles. The number of para-hydroxylation sites is 1. The molecule has 0 spiro atoms. The number of sulfonamides is 1. The van der Waals surface area contributed by atoms with Gasteiger partial charge < -0.3 is 5.32 Å². The zero-order valence-electron chi connectivity index (χ0n) is 12.9. The molecule has 2 N–H and O–H groups in total. The average molecular weight is 372 g/mol. The summed E-state index contributed by atoms with van der Waals surface area (Å²) in [6, 6.07) is 12.0. The predicted octanol–water partition coefficient (Wildman–Crippen LogP) is 3.01. The number of nitrogens with one attached hydrogen (secondary N) is 2. The van der Waals surface area contributed by atoms with Gasteiger partial charge in [0, 0.05) is 18.7 Å². The third kappa shape index (κ3) is 5.57. The summed E-state index contributed by atoms with van der Waals surface area (Å²) in [6.07, 6.45) is -4.80. The molecule has 0 fully saturated rings. The van der Waals surface area contributed by atoms with Crippen LogP contribution in [0.4, 0.5) is 18.9 Å². The van der Waals surface area contributed by atoms with E-state index in [2.05, 4.69) is 10.0 Å². The molecule has 0 bridgehead atoms. The van der Waals surface area contributed by atoms with Gasteiger partial charge in [0.25, 0.3) is 0 Å². The van der Waals surface area contributed by atoms with Gasteiger partial charge in [-0.15, -0.1) is 0 Å². The fourth-order valence-electron chi connectivity index (χ4n) is 1.97. The Balaban J connectivity index is 1.94. The number of alkyl halides is 3. The van der Waals surface area contributed by atoms with Gasteiger partial charge in [-0.3, -0.25) is 4.79 Å². The molecule has 2 aromatic carbocycles. The number of rotatable bonds is 6. The summed E-state index contributed by atoms with van der Waals surface area (Å²) in [7, 11) is -4.14. The van der Waals surface area contributed by atoms with E-state index in [4.69, 9.17) is 0 Å². The number of halogens is 3. The Hall–Kier alpha value is -2.39. The Morgan fingerprint density at radius 1 is 1.00 bits per heavy atom. The molecule has 0 unspecified atom stereocenters. The lowest BCUT2D eigenvalue weighted by Crippen LogP contribution is -2.28. The highest BCUT2D eigenvalue weighted by Crippen LogP contribution is 2.30. The van der Waals surface area contributed by atoms with E-state index in [1.807, 2.05) is 0 Å². The predicted molar refractivity (Wildman–Crippen MR) is 86.3 cm³/mol. The van der Waals surface area contributed by atoms with Crippen molar-refractivity contribution in [1.82, 2.24) is 4.72 Å². The topological polar surface area (TPSA) is 75.3 Å². The van der Waals surface area contributed by atoms with Crippen LogP contribution in [0.2, 0.25) is 0 Å². The molecule has 9 heteroatoms. The number of carbonyl (C=O) groups is 1. The van der Waals surface area contributed by atoms with Gasteiger partial charge in [0.15, 0.2) is 0 Å². The molecule has 0 aliphatic heterocycles. The second kappa shape index (κ2) is 7.66. The van der Waals surface area contributed by atoms with Crippen LogP contribution < -0.4 is 10.0 Å². The van der Waals surface area contributed by atoms with Gasteiger partial charge >= 0.3 is 6.18 Å². The zero-order valence-corrected chi connectivity index (χ0v) is 13.7. The first-order valence-corrected chi connectivity index (χ1v) is 8.68. The van der Waals surface area contributed by atoms with Gasteiger partial charge in [0.05, 0.1) is 10.5 Å². The summed E-state index contributed by atoms with van der Waals surface area (Å²) in [4.78, 5) is 11.2. The third-order valence-corrected chi connectivity index (χ3v) is 4.63. The Labute approximate surface area is 142 Å². The highest BCUT2D eigenvalue weighted by atomic mass is 32.2. The van der Waals surface area contributed by atoms with Gasteiger partial charge in [0.2, 0.25) is 15.9 Å². The van der Waals surface area contributed by atoms with Crippen molar-refractivity contribution in [3.63, 3.8) is 0 Å². The maximum atomic E-state index is 12.7. The van der Waals surface area contributed by atoms with Gasteiger partial charge in [0.1, 0.15) is 0 Å². The molecule has 2 rings (SSSR count). The number of hydrogen-bond acceptors (Lipinski definition) is 3. The van der Waals surface area contributed by atoms with Crippen molar-refractivity contribution >= 4 is 21.6 Å². The summed E-state index contributed by atoms with van der Waals surface area (Å²) in [5.41, 5.74) is -0.495. The largest absolute Gasteiger partial charge is 0.416 e. The molecule has 0 aliphatic rings. The molecule has 0 heterocycles. The highest BCUT2D eigenvalue weighted by Gasteiger charge is 2.31. The maximum absolute atomic E-state index is 12.7. The van der Waals surface area contributed by atoms with Crippen molar-refractivity contribution in [1.29, 1.82) is 0 Å². The maximum Gasteiger partial charge on any atom is 0.416 e. The van der Waals surface area contributed by atoms with Crippen LogP contribution in [0.5, 0.6) is 0 Å². The zero-order chi connectivity index (χ0) is 18.5. The molecule has 0 saturated carbocycles. The van der Waals surface area contributed by atoms with Crippen LogP contribution in [0.25, 0.3) is 0 Å². The summed E-state index contributed by atoms with van der Waals surface area (Å²) >= 11 is 0. The van der Waals surface area contributed by atoms with Crippen LogP contribution in [-0.2, 0) is 21.0 Å². The molecule has 134 valence electrons. The van der Waals surface area contributed by atoms with E-state index < -0.39 is 32.6 Å². The summed E-state index contributed by atoms with van der Waals surface area (Å²) in [6.45, 7) is -0.239. The highest BCUT2D eigenvalue weighted by molar-refractivity contribution is 7.89. The number of amides is 1. The molecule has 0 aliphatic carbocycles. The fraction of sp³-hybridized carbons (Fsp3) is 0.188. The molecule has 5 nitrogen and oxygen atoms in total. The van der Waals surface area contributed by atoms with E-state index >= 15 is 0 Å². The normalized spacial score (nSPS) is 12.0. The van der Waals surface area contributed by atoms with Gasteiger partial charge in [-0.1, -0.05) is 24.3 Å². The number of benzene rings is 2. The van der Waals surface area contributed by atoms with Crippen LogP contribution in [0.15, 0.2) is 59.5 Å². The Kier molecular flexibility index (Phi) is 5.81. The van der Waals surface area contributed by atoms with E-state index in [-0.39, 0.29) is 13.0 Å². The molecule has 2 aromatic rings. The van der Waals surface area contributed by atoms with E-state index in [9.17, 15) is 26.4 Å². The Morgan fingerprint density at radius 2 is 1.68 bits per heavy atom. The summed E-state index contributed by atoms with van der Waals surface area (Å²) < 4.78 is 64.2. The average Bonchev–Trinajstić information content (AvgIpc) is 2.55. The SMILES string of the molecule is O=C(CCNS(=O)(=O)c1cccc(C(F)(F)F)c1)Nc1ccccc1. The van der Waals surface area contributed by atoms with Crippen LogP contribution in [0.3, 0.4) is 0 Å². The first-order chi connectivity index (χ1) is 11.7. The van der Waals surface area contributed by atoms with E-state index in [0.29, 0.717) is 11.8 Å². The third-order valence-electron chi connectivity index (χ3n) is 3.17. The van der Waals surface area contributed by atoms with Crippen molar-refractivity contribution in [2.75, 3.05) is 11.9 Å². The lowest BCUT2D eigenvalue weighted by Gasteiger charge is -2.10. The van der Waals surface area contributed by atoms with Crippen LogP contribution in [0, 0.1) is 0 Å². The minimum atomic E-state index is -4.64.